The van der Waals surface area contributed by atoms with E-state index in [0.29, 0.717) is 22.7 Å². The summed E-state index contributed by atoms with van der Waals surface area (Å²) in [6, 6.07) is 13.7. The fourth-order valence-corrected chi connectivity index (χ4v) is 1.43. The molecule has 0 aromatic heterocycles. The number of hydrogen-bond donors (Lipinski definition) is 2. The molecule has 2 aromatic carbocycles. The molecule has 0 aliphatic rings. The van der Waals surface area contributed by atoms with E-state index in [1.54, 1.807) is 48.5 Å². The highest BCUT2D eigenvalue weighted by Crippen LogP contribution is 2.23. The number of carbonyl (C=O) groups is 1. The molecule has 0 radical (unpaired) electrons. The van der Waals surface area contributed by atoms with Crippen LogP contribution in [0.1, 0.15) is 10.4 Å². The van der Waals surface area contributed by atoms with Crippen molar-refractivity contribution in [3.63, 3.8) is 0 Å². The van der Waals surface area contributed by atoms with Crippen LogP contribution >= 0.6 is 0 Å². The Kier molecular flexibility index (Phi) is 2.96. The molecule has 0 aliphatic heterocycles. The van der Waals surface area contributed by atoms with Gasteiger partial charge in [-0.05, 0) is 30.3 Å². The molecule has 2 rings (SSSR count). The first kappa shape index (κ1) is 11.0. The van der Waals surface area contributed by atoms with Gasteiger partial charge >= 0.3 is 0 Å². The number of carbonyl (C=O) groups excluding carboxylic acids is 1. The van der Waals surface area contributed by atoms with Gasteiger partial charge in [0.2, 0.25) is 5.91 Å². The Hall–Kier alpha value is -2.49. The van der Waals surface area contributed by atoms with Crippen LogP contribution in [0.3, 0.4) is 0 Å². The summed E-state index contributed by atoms with van der Waals surface area (Å²) in [4.78, 5) is 11.0. The van der Waals surface area contributed by atoms with Crippen molar-refractivity contribution in [3.8, 4) is 11.5 Å². The number of benzene rings is 2. The molecule has 0 saturated carbocycles. The van der Waals surface area contributed by atoms with Gasteiger partial charge in [-0.2, -0.15) is 0 Å². The standard InChI is InChI=1S/C13H12N2O2/c14-10-4-2-6-12(8-10)17-11-5-1-3-9(7-11)13(15)16/h1-8H,14H2,(H2,15,16). The van der Waals surface area contributed by atoms with Gasteiger partial charge in [-0.25, -0.2) is 0 Å². The highest BCUT2D eigenvalue weighted by Gasteiger charge is 2.03. The van der Waals surface area contributed by atoms with Crippen LogP contribution in [0.5, 0.6) is 11.5 Å². The van der Waals surface area contributed by atoms with Crippen molar-refractivity contribution in [2.45, 2.75) is 0 Å². The van der Waals surface area contributed by atoms with Gasteiger partial charge < -0.3 is 16.2 Å². The molecule has 4 nitrogen and oxygen atoms in total. The average Bonchev–Trinajstić information content (AvgIpc) is 2.29. The second-order valence-electron chi connectivity index (χ2n) is 3.57. The minimum Gasteiger partial charge on any atom is -0.457 e. The van der Waals surface area contributed by atoms with Gasteiger partial charge in [-0.1, -0.05) is 12.1 Å². The number of nitrogens with two attached hydrogens (primary N) is 2. The lowest BCUT2D eigenvalue weighted by atomic mass is 10.2. The zero-order valence-corrected chi connectivity index (χ0v) is 9.09. The first-order chi connectivity index (χ1) is 8.15. The maximum absolute atomic E-state index is 11.0. The topological polar surface area (TPSA) is 78.3 Å². The van der Waals surface area contributed by atoms with E-state index in [1.165, 1.54) is 0 Å². The predicted octanol–water partition coefficient (Wildman–Crippen LogP) is 2.16. The van der Waals surface area contributed by atoms with Crippen LogP contribution in [0.4, 0.5) is 5.69 Å². The van der Waals surface area contributed by atoms with Crippen LogP contribution < -0.4 is 16.2 Å². The Morgan fingerprint density at radius 2 is 1.65 bits per heavy atom. The van der Waals surface area contributed by atoms with Crippen LogP contribution in [-0.2, 0) is 0 Å². The first-order valence-corrected chi connectivity index (χ1v) is 5.08. The molecule has 0 saturated heterocycles. The third-order valence-electron chi connectivity index (χ3n) is 2.21. The third-order valence-corrected chi connectivity index (χ3v) is 2.21. The van der Waals surface area contributed by atoms with E-state index in [0.717, 1.165) is 0 Å². The molecular weight excluding hydrogens is 216 g/mol. The predicted molar refractivity (Wildman–Crippen MR) is 65.9 cm³/mol. The zero-order valence-electron chi connectivity index (χ0n) is 9.09. The third kappa shape index (κ3) is 2.75. The summed E-state index contributed by atoms with van der Waals surface area (Å²) >= 11 is 0. The van der Waals surface area contributed by atoms with E-state index in [4.69, 9.17) is 16.2 Å². The number of ether oxygens (including phenoxy) is 1. The summed E-state index contributed by atoms with van der Waals surface area (Å²) in [6.07, 6.45) is 0. The van der Waals surface area contributed by atoms with Gasteiger partial charge in [0.15, 0.2) is 0 Å². The van der Waals surface area contributed by atoms with Crippen LogP contribution in [0.2, 0.25) is 0 Å². The summed E-state index contributed by atoms with van der Waals surface area (Å²) in [7, 11) is 0. The van der Waals surface area contributed by atoms with Crippen molar-refractivity contribution in [1.82, 2.24) is 0 Å². The second-order valence-corrected chi connectivity index (χ2v) is 3.57. The van der Waals surface area contributed by atoms with Gasteiger partial charge in [0.05, 0.1) is 0 Å². The van der Waals surface area contributed by atoms with Crippen molar-refractivity contribution in [1.29, 1.82) is 0 Å². The van der Waals surface area contributed by atoms with Crippen LogP contribution in [0.25, 0.3) is 0 Å². The van der Waals surface area contributed by atoms with Crippen molar-refractivity contribution >= 4 is 11.6 Å². The molecule has 4 N–H and O–H groups in total. The lowest BCUT2D eigenvalue weighted by Gasteiger charge is -2.06. The van der Waals surface area contributed by atoms with Crippen molar-refractivity contribution in [3.05, 3.63) is 54.1 Å². The summed E-state index contributed by atoms with van der Waals surface area (Å²) < 4.78 is 5.56. The number of primary amides is 1. The van der Waals surface area contributed by atoms with Crippen LogP contribution in [0.15, 0.2) is 48.5 Å². The minimum atomic E-state index is -0.483. The molecule has 0 aliphatic carbocycles. The van der Waals surface area contributed by atoms with Gasteiger partial charge in [-0.3, -0.25) is 4.79 Å². The molecule has 0 atom stereocenters. The Bertz CT molecular complexity index is 553. The Labute approximate surface area is 98.8 Å². The molecule has 0 bridgehead atoms. The molecule has 0 heterocycles. The molecule has 86 valence electrons. The molecule has 0 unspecified atom stereocenters. The summed E-state index contributed by atoms with van der Waals surface area (Å²) in [5.74, 6) is 0.682. The molecule has 0 spiro atoms. The monoisotopic (exact) mass is 228 g/mol. The van der Waals surface area contributed by atoms with Crippen molar-refractivity contribution in [2.24, 2.45) is 5.73 Å². The maximum Gasteiger partial charge on any atom is 0.248 e. The SMILES string of the molecule is NC(=O)c1cccc(Oc2cccc(N)c2)c1. The average molecular weight is 228 g/mol. The Morgan fingerprint density at radius 3 is 2.29 bits per heavy atom. The van der Waals surface area contributed by atoms with Crippen molar-refractivity contribution < 1.29 is 9.53 Å². The lowest BCUT2D eigenvalue weighted by molar-refractivity contribution is 0.1000. The normalized spacial score (nSPS) is 9.88. The smallest absolute Gasteiger partial charge is 0.248 e. The number of rotatable bonds is 3. The molecule has 1 amide bonds. The first-order valence-electron chi connectivity index (χ1n) is 5.08. The van der Waals surface area contributed by atoms with Crippen LogP contribution in [-0.4, -0.2) is 5.91 Å². The van der Waals surface area contributed by atoms with E-state index >= 15 is 0 Å². The number of hydrogen-bond acceptors (Lipinski definition) is 3. The molecule has 0 fully saturated rings. The number of amides is 1. The van der Waals surface area contributed by atoms with E-state index in [2.05, 4.69) is 0 Å². The fraction of sp³-hybridized carbons (Fsp3) is 0. The van der Waals surface area contributed by atoms with E-state index in [9.17, 15) is 4.79 Å². The minimum absolute atomic E-state index is 0.409. The molecule has 17 heavy (non-hydrogen) atoms. The van der Waals surface area contributed by atoms with Crippen LogP contribution in [0, 0.1) is 0 Å². The fourth-order valence-electron chi connectivity index (χ4n) is 1.43. The van der Waals surface area contributed by atoms with Gasteiger partial charge in [0, 0.05) is 17.3 Å². The highest BCUT2D eigenvalue weighted by molar-refractivity contribution is 5.93. The second kappa shape index (κ2) is 4.57. The molecule has 2 aromatic rings. The Balaban J connectivity index is 2.24. The van der Waals surface area contributed by atoms with E-state index in [-0.39, 0.29) is 0 Å². The maximum atomic E-state index is 11.0. The van der Waals surface area contributed by atoms with E-state index in [1.807, 2.05) is 0 Å². The quantitative estimate of drug-likeness (QED) is 0.790. The number of anilines is 1. The lowest BCUT2D eigenvalue weighted by Crippen LogP contribution is -2.10. The van der Waals surface area contributed by atoms with Gasteiger partial charge in [0.1, 0.15) is 11.5 Å². The summed E-state index contributed by atoms with van der Waals surface area (Å²) in [6.45, 7) is 0. The Morgan fingerprint density at radius 1 is 1.00 bits per heavy atom. The molecule has 4 heteroatoms. The molecular formula is C13H12N2O2. The van der Waals surface area contributed by atoms with Gasteiger partial charge in [-0.15, -0.1) is 0 Å². The van der Waals surface area contributed by atoms with Gasteiger partial charge in [0.25, 0.3) is 0 Å². The highest BCUT2D eigenvalue weighted by atomic mass is 16.5. The van der Waals surface area contributed by atoms with E-state index < -0.39 is 5.91 Å². The van der Waals surface area contributed by atoms with Crippen molar-refractivity contribution in [2.75, 3.05) is 5.73 Å². The zero-order chi connectivity index (χ0) is 12.3. The summed E-state index contributed by atoms with van der Waals surface area (Å²) in [5, 5.41) is 0. The largest absolute Gasteiger partial charge is 0.457 e. The summed E-state index contributed by atoms with van der Waals surface area (Å²) in [5.41, 5.74) is 11.8. The number of nitrogen functional groups attached to an aromatic ring is 1.